The van der Waals surface area contributed by atoms with Crippen LogP contribution in [0.1, 0.15) is 23.7 Å². The summed E-state index contributed by atoms with van der Waals surface area (Å²) >= 11 is 4.75. The Morgan fingerprint density at radius 2 is 2.24 bits per heavy atom. The van der Waals surface area contributed by atoms with Crippen LogP contribution in [0.2, 0.25) is 0 Å². The van der Waals surface area contributed by atoms with Crippen LogP contribution in [-0.4, -0.2) is 4.98 Å². The second-order valence-electron chi connectivity index (χ2n) is 3.79. The molecular formula is C12H12BrFN2S. The van der Waals surface area contributed by atoms with Crippen molar-refractivity contribution in [2.24, 2.45) is 0 Å². The molecule has 90 valence electrons. The third-order valence-corrected chi connectivity index (χ3v) is 3.82. The van der Waals surface area contributed by atoms with Crippen molar-refractivity contribution in [3.8, 4) is 0 Å². The largest absolute Gasteiger partial charge is 0.377 e. The van der Waals surface area contributed by atoms with Gasteiger partial charge in [0.2, 0.25) is 0 Å². The van der Waals surface area contributed by atoms with E-state index in [4.69, 9.17) is 0 Å². The normalized spacial score (nSPS) is 12.5. The molecular weight excluding hydrogens is 303 g/mol. The molecule has 0 aliphatic heterocycles. The first-order chi connectivity index (χ1) is 8.06. The van der Waals surface area contributed by atoms with Crippen LogP contribution in [0.15, 0.2) is 28.1 Å². The van der Waals surface area contributed by atoms with Gasteiger partial charge in [-0.25, -0.2) is 9.37 Å². The fourth-order valence-corrected chi connectivity index (χ4v) is 2.44. The standard InChI is InChI=1S/C12H12BrFN2S/c1-7(12-6-17-8(2)16-12)15-9-3-4-10(13)11(14)5-9/h3-7,15H,1-2H3. The molecule has 1 unspecified atom stereocenters. The molecule has 5 heteroatoms. The number of hydrogen-bond acceptors (Lipinski definition) is 3. The highest BCUT2D eigenvalue weighted by Crippen LogP contribution is 2.24. The topological polar surface area (TPSA) is 24.9 Å². The van der Waals surface area contributed by atoms with E-state index in [0.29, 0.717) is 4.47 Å². The van der Waals surface area contributed by atoms with Crippen LogP contribution < -0.4 is 5.32 Å². The number of aromatic nitrogens is 1. The number of aryl methyl sites for hydroxylation is 1. The Morgan fingerprint density at radius 1 is 1.47 bits per heavy atom. The number of anilines is 1. The fourth-order valence-electron chi connectivity index (χ4n) is 1.49. The first-order valence-corrected chi connectivity index (χ1v) is 6.87. The fraction of sp³-hybridized carbons (Fsp3) is 0.250. The maximum absolute atomic E-state index is 13.3. The number of thiazole rings is 1. The zero-order chi connectivity index (χ0) is 12.4. The van der Waals surface area contributed by atoms with E-state index in [1.807, 2.05) is 25.3 Å². The Balaban J connectivity index is 2.12. The lowest BCUT2D eigenvalue weighted by Gasteiger charge is -2.13. The van der Waals surface area contributed by atoms with E-state index in [2.05, 4.69) is 26.2 Å². The van der Waals surface area contributed by atoms with Crippen molar-refractivity contribution in [3.05, 3.63) is 44.6 Å². The summed E-state index contributed by atoms with van der Waals surface area (Å²) in [5.41, 5.74) is 1.74. The van der Waals surface area contributed by atoms with E-state index in [1.54, 1.807) is 17.4 Å². The van der Waals surface area contributed by atoms with Crippen molar-refractivity contribution >= 4 is 33.0 Å². The van der Waals surface area contributed by atoms with E-state index in [9.17, 15) is 4.39 Å². The Hall–Kier alpha value is -0.940. The van der Waals surface area contributed by atoms with Gasteiger partial charge >= 0.3 is 0 Å². The van der Waals surface area contributed by atoms with Crippen molar-refractivity contribution in [1.29, 1.82) is 0 Å². The summed E-state index contributed by atoms with van der Waals surface area (Å²) in [4.78, 5) is 4.40. The summed E-state index contributed by atoms with van der Waals surface area (Å²) in [5.74, 6) is -0.267. The molecule has 0 saturated carbocycles. The van der Waals surface area contributed by atoms with Crippen molar-refractivity contribution in [2.75, 3.05) is 5.32 Å². The number of rotatable bonds is 3. The van der Waals surface area contributed by atoms with E-state index in [0.717, 1.165) is 16.4 Å². The van der Waals surface area contributed by atoms with Gasteiger partial charge in [-0.1, -0.05) is 0 Å². The minimum absolute atomic E-state index is 0.0699. The highest BCUT2D eigenvalue weighted by Gasteiger charge is 2.09. The SMILES string of the molecule is Cc1nc(C(C)Nc2ccc(Br)c(F)c2)cs1. The van der Waals surface area contributed by atoms with Gasteiger partial charge in [-0.15, -0.1) is 11.3 Å². The molecule has 2 aromatic rings. The third kappa shape index (κ3) is 3.04. The summed E-state index contributed by atoms with van der Waals surface area (Å²) in [6.45, 7) is 3.98. The molecule has 17 heavy (non-hydrogen) atoms. The van der Waals surface area contributed by atoms with Gasteiger partial charge in [-0.05, 0) is 48.0 Å². The van der Waals surface area contributed by atoms with Crippen molar-refractivity contribution in [1.82, 2.24) is 4.98 Å². The molecule has 2 rings (SSSR count). The zero-order valence-electron chi connectivity index (χ0n) is 9.50. The minimum Gasteiger partial charge on any atom is -0.377 e. The first kappa shape index (κ1) is 12.5. The van der Waals surface area contributed by atoms with Gasteiger partial charge in [0.15, 0.2) is 0 Å². The Bertz CT molecular complexity index is 527. The summed E-state index contributed by atoms with van der Waals surface area (Å²) in [6.07, 6.45) is 0. The van der Waals surface area contributed by atoms with Crippen LogP contribution >= 0.6 is 27.3 Å². The average molecular weight is 315 g/mol. The van der Waals surface area contributed by atoms with Gasteiger partial charge in [0.25, 0.3) is 0 Å². The van der Waals surface area contributed by atoms with Crippen molar-refractivity contribution < 1.29 is 4.39 Å². The molecule has 1 N–H and O–H groups in total. The lowest BCUT2D eigenvalue weighted by Crippen LogP contribution is -2.07. The Morgan fingerprint density at radius 3 is 2.82 bits per heavy atom. The van der Waals surface area contributed by atoms with E-state index < -0.39 is 0 Å². The lowest BCUT2D eigenvalue weighted by molar-refractivity contribution is 0.621. The molecule has 0 bridgehead atoms. The highest BCUT2D eigenvalue weighted by molar-refractivity contribution is 9.10. The smallest absolute Gasteiger partial charge is 0.139 e. The molecule has 1 atom stereocenters. The van der Waals surface area contributed by atoms with Gasteiger partial charge in [0.05, 0.1) is 21.2 Å². The second-order valence-corrected chi connectivity index (χ2v) is 5.70. The Labute approximate surface area is 112 Å². The number of nitrogens with zero attached hydrogens (tertiary/aromatic N) is 1. The van der Waals surface area contributed by atoms with Crippen molar-refractivity contribution in [2.45, 2.75) is 19.9 Å². The molecule has 2 nitrogen and oxygen atoms in total. The molecule has 1 aromatic carbocycles. The van der Waals surface area contributed by atoms with Crippen LogP contribution in [0.4, 0.5) is 10.1 Å². The molecule has 0 spiro atoms. The van der Waals surface area contributed by atoms with Crippen LogP contribution in [0.3, 0.4) is 0 Å². The average Bonchev–Trinajstić information content (AvgIpc) is 2.70. The highest BCUT2D eigenvalue weighted by atomic mass is 79.9. The quantitative estimate of drug-likeness (QED) is 0.900. The molecule has 0 saturated heterocycles. The monoisotopic (exact) mass is 314 g/mol. The Kier molecular flexibility index (Phi) is 3.79. The van der Waals surface area contributed by atoms with Crippen LogP contribution in [0.5, 0.6) is 0 Å². The summed E-state index contributed by atoms with van der Waals surface area (Å²) in [6, 6.07) is 5.07. The van der Waals surface area contributed by atoms with Crippen LogP contribution in [-0.2, 0) is 0 Å². The van der Waals surface area contributed by atoms with Gasteiger partial charge < -0.3 is 5.32 Å². The lowest BCUT2D eigenvalue weighted by atomic mass is 10.2. The maximum Gasteiger partial charge on any atom is 0.139 e. The van der Waals surface area contributed by atoms with Crippen molar-refractivity contribution in [3.63, 3.8) is 0 Å². The molecule has 0 radical (unpaired) electrons. The molecule has 1 aromatic heterocycles. The molecule has 1 heterocycles. The summed E-state index contributed by atoms with van der Waals surface area (Å²) < 4.78 is 13.8. The minimum atomic E-state index is -0.267. The van der Waals surface area contributed by atoms with Crippen LogP contribution in [0, 0.1) is 12.7 Å². The predicted octanol–water partition coefficient (Wildman–Crippen LogP) is 4.53. The number of halogens is 2. The number of nitrogens with one attached hydrogen (secondary N) is 1. The first-order valence-electron chi connectivity index (χ1n) is 5.20. The third-order valence-electron chi connectivity index (χ3n) is 2.38. The van der Waals surface area contributed by atoms with E-state index >= 15 is 0 Å². The van der Waals surface area contributed by atoms with Gasteiger partial charge in [0, 0.05) is 11.1 Å². The summed E-state index contributed by atoms with van der Waals surface area (Å²) in [7, 11) is 0. The zero-order valence-corrected chi connectivity index (χ0v) is 11.9. The molecule has 0 fully saturated rings. The van der Waals surface area contributed by atoms with E-state index in [1.165, 1.54) is 6.07 Å². The maximum atomic E-state index is 13.3. The van der Waals surface area contributed by atoms with E-state index in [-0.39, 0.29) is 11.9 Å². The molecule has 0 aliphatic carbocycles. The second kappa shape index (κ2) is 5.14. The van der Waals surface area contributed by atoms with Gasteiger partial charge in [0.1, 0.15) is 5.82 Å². The van der Waals surface area contributed by atoms with Gasteiger partial charge in [-0.2, -0.15) is 0 Å². The van der Waals surface area contributed by atoms with Crippen LogP contribution in [0.25, 0.3) is 0 Å². The number of hydrogen-bond donors (Lipinski definition) is 1. The molecule has 0 amide bonds. The summed E-state index contributed by atoms with van der Waals surface area (Å²) in [5, 5.41) is 6.28. The number of benzene rings is 1. The molecule has 0 aliphatic rings. The van der Waals surface area contributed by atoms with Gasteiger partial charge in [-0.3, -0.25) is 0 Å². The predicted molar refractivity (Wildman–Crippen MR) is 73.0 cm³/mol.